The van der Waals surface area contributed by atoms with Crippen LogP contribution in [0.3, 0.4) is 0 Å². The molecule has 0 aromatic rings. The van der Waals surface area contributed by atoms with E-state index in [1.54, 1.807) is 0 Å². The number of nitrogens with zero attached hydrogens (tertiary/aromatic N) is 3. The summed E-state index contributed by atoms with van der Waals surface area (Å²) in [6, 6.07) is 3.55. The van der Waals surface area contributed by atoms with Crippen LogP contribution in [0.1, 0.15) is 27.2 Å². The van der Waals surface area contributed by atoms with Crippen LogP contribution >= 0.6 is 0 Å². The average molecular weight is 238 g/mol. The summed E-state index contributed by atoms with van der Waals surface area (Å²) in [6.07, 6.45) is 0.878. The molecule has 0 bridgehead atoms. The summed E-state index contributed by atoms with van der Waals surface area (Å²) >= 11 is 0. The van der Waals surface area contributed by atoms with Crippen LogP contribution in [-0.2, 0) is 0 Å². The van der Waals surface area contributed by atoms with Crippen molar-refractivity contribution in [1.29, 1.82) is 5.26 Å². The molecule has 3 atom stereocenters. The lowest BCUT2D eigenvalue weighted by atomic mass is 9.99. The topological polar surface area (TPSA) is 42.3 Å². The van der Waals surface area contributed by atoms with Crippen molar-refractivity contribution in [2.24, 2.45) is 0 Å². The van der Waals surface area contributed by atoms with Crippen molar-refractivity contribution in [1.82, 2.24) is 15.1 Å². The molecule has 98 valence electrons. The van der Waals surface area contributed by atoms with E-state index in [9.17, 15) is 0 Å². The van der Waals surface area contributed by atoms with Crippen molar-refractivity contribution in [3.8, 4) is 6.07 Å². The molecule has 0 saturated carbocycles. The van der Waals surface area contributed by atoms with Crippen LogP contribution < -0.4 is 5.32 Å². The Balaban J connectivity index is 2.46. The van der Waals surface area contributed by atoms with E-state index >= 15 is 0 Å². The van der Waals surface area contributed by atoms with E-state index in [4.69, 9.17) is 5.26 Å². The molecule has 0 aromatic carbocycles. The van der Waals surface area contributed by atoms with Crippen molar-refractivity contribution in [3.63, 3.8) is 0 Å². The number of hydrogen-bond acceptors (Lipinski definition) is 4. The summed E-state index contributed by atoms with van der Waals surface area (Å²) in [4.78, 5) is 4.90. The largest absolute Gasteiger partial charge is 0.303 e. The van der Waals surface area contributed by atoms with Crippen LogP contribution in [0.4, 0.5) is 0 Å². The van der Waals surface area contributed by atoms with Gasteiger partial charge in [-0.2, -0.15) is 5.26 Å². The van der Waals surface area contributed by atoms with Crippen molar-refractivity contribution >= 4 is 0 Å². The van der Waals surface area contributed by atoms with Gasteiger partial charge in [-0.1, -0.05) is 0 Å². The highest BCUT2D eigenvalue weighted by atomic mass is 15.3. The molecule has 0 aromatic heterocycles. The minimum absolute atomic E-state index is 0.393. The Morgan fingerprint density at radius 1 is 1.35 bits per heavy atom. The second-order valence-electron chi connectivity index (χ2n) is 5.57. The van der Waals surface area contributed by atoms with Gasteiger partial charge < -0.3 is 10.2 Å². The van der Waals surface area contributed by atoms with Crippen LogP contribution in [0.5, 0.6) is 0 Å². The summed E-state index contributed by atoms with van der Waals surface area (Å²) in [5, 5.41) is 12.2. The first-order chi connectivity index (χ1) is 7.91. The molecule has 0 amide bonds. The Bertz CT molecular complexity index is 274. The lowest BCUT2D eigenvalue weighted by Crippen LogP contribution is -2.55. The number of likely N-dealkylation sites (N-methyl/N-ethyl adjacent to an activating group) is 1. The lowest BCUT2D eigenvalue weighted by molar-refractivity contribution is 0.0566. The van der Waals surface area contributed by atoms with Crippen molar-refractivity contribution in [2.75, 3.05) is 33.7 Å². The van der Waals surface area contributed by atoms with Gasteiger partial charge >= 0.3 is 0 Å². The summed E-state index contributed by atoms with van der Waals surface area (Å²) in [5.74, 6) is 0. The normalized spacial score (nSPS) is 30.8. The van der Waals surface area contributed by atoms with Gasteiger partial charge in [0.15, 0.2) is 0 Å². The second kappa shape index (κ2) is 5.81. The third kappa shape index (κ3) is 3.67. The summed E-state index contributed by atoms with van der Waals surface area (Å²) < 4.78 is 0. The molecule has 1 aliphatic rings. The molecule has 1 aliphatic heterocycles. The molecule has 0 spiro atoms. The first-order valence-electron chi connectivity index (χ1n) is 6.46. The molecule has 1 fully saturated rings. The zero-order valence-electron chi connectivity index (χ0n) is 11.8. The summed E-state index contributed by atoms with van der Waals surface area (Å²) in [7, 11) is 4.05. The summed E-state index contributed by atoms with van der Waals surface area (Å²) in [6.45, 7) is 9.70. The smallest absolute Gasteiger partial charge is 0.104 e. The standard InChI is InChI=1S/C13H26N4/c1-11-8-17(9-12(2)16(11)5)7-6-13(3,10-14)15-4/h11-12,15H,6-9H2,1-5H3. The predicted octanol–water partition coefficient (Wildman–Crippen LogP) is 0.903. The van der Waals surface area contributed by atoms with Crippen LogP contribution in [0.15, 0.2) is 0 Å². The van der Waals surface area contributed by atoms with Gasteiger partial charge in [-0.25, -0.2) is 0 Å². The molecule has 0 aliphatic carbocycles. The SMILES string of the molecule is CNC(C)(C#N)CCN1CC(C)N(C)C(C)C1. The average Bonchev–Trinajstić information content (AvgIpc) is 2.32. The molecule has 17 heavy (non-hydrogen) atoms. The Morgan fingerprint density at radius 2 is 1.88 bits per heavy atom. The Labute approximate surface area is 106 Å². The van der Waals surface area contributed by atoms with E-state index in [1.165, 1.54) is 0 Å². The van der Waals surface area contributed by atoms with Crippen molar-refractivity contribution in [3.05, 3.63) is 0 Å². The fourth-order valence-electron chi connectivity index (χ4n) is 2.31. The zero-order chi connectivity index (χ0) is 13.1. The molecule has 1 heterocycles. The van der Waals surface area contributed by atoms with Gasteiger partial charge in [-0.3, -0.25) is 4.90 Å². The van der Waals surface area contributed by atoms with E-state index in [0.717, 1.165) is 26.1 Å². The molecule has 3 unspecified atom stereocenters. The second-order valence-corrected chi connectivity index (χ2v) is 5.57. The van der Waals surface area contributed by atoms with E-state index < -0.39 is 5.54 Å². The maximum absolute atomic E-state index is 9.12. The lowest BCUT2D eigenvalue weighted by Gasteiger charge is -2.43. The number of piperazine rings is 1. The maximum atomic E-state index is 9.12. The van der Waals surface area contributed by atoms with E-state index in [-0.39, 0.29) is 0 Å². The molecule has 4 nitrogen and oxygen atoms in total. The maximum Gasteiger partial charge on any atom is 0.104 e. The monoisotopic (exact) mass is 238 g/mol. The molecule has 1 rings (SSSR count). The van der Waals surface area contributed by atoms with Gasteiger partial charge in [0.2, 0.25) is 0 Å². The number of rotatable bonds is 4. The highest BCUT2D eigenvalue weighted by Crippen LogP contribution is 2.15. The van der Waals surface area contributed by atoms with Crippen LogP contribution in [0.25, 0.3) is 0 Å². The Kier molecular flexibility index (Phi) is 4.93. The number of hydrogen-bond donors (Lipinski definition) is 1. The van der Waals surface area contributed by atoms with Crippen molar-refractivity contribution in [2.45, 2.75) is 44.8 Å². The van der Waals surface area contributed by atoms with Gasteiger partial charge in [0.25, 0.3) is 0 Å². The summed E-state index contributed by atoms with van der Waals surface area (Å²) in [5.41, 5.74) is -0.393. The van der Waals surface area contributed by atoms with E-state index in [2.05, 4.69) is 42.1 Å². The fraction of sp³-hybridized carbons (Fsp3) is 0.923. The van der Waals surface area contributed by atoms with Crippen LogP contribution in [0, 0.1) is 11.3 Å². The third-order valence-electron chi connectivity index (χ3n) is 4.16. The molecular formula is C13H26N4. The highest BCUT2D eigenvalue weighted by Gasteiger charge is 2.28. The van der Waals surface area contributed by atoms with Gasteiger partial charge in [0.1, 0.15) is 5.54 Å². The molecule has 0 radical (unpaired) electrons. The van der Waals surface area contributed by atoms with E-state index in [0.29, 0.717) is 12.1 Å². The molecule has 4 heteroatoms. The van der Waals surface area contributed by atoms with Gasteiger partial charge in [-0.15, -0.1) is 0 Å². The molecule has 1 saturated heterocycles. The first kappa shape index (κ1) is 14.4. The Morgan fingerprint density at radius 3 is 2.29 bits per heavy atom. The minimum Gasteiger partial charge on any atom is -0.303 e. The van der Waals surface area contributed by atoms with Gasteiger partial charge in [-0.05, 0) is 41.3 Å². The fourth-order valence-corrected chi connectivity index (χ4v) is 2.31. The van der Waals surface area contributed by atoms with Gasteiger partial charge in [0, 0.05) is 31.7 Å². The Hall–Kier alpha value is -0.630. The minimum atomic E-state index is -0.393. The van der Waals surface area contributed by atoms with Crippen molar-refractivity contribution < 1.29 is 0 Å². The quantitative estimate of drug-likeness (QED) is 0.790. The van der Waals surface area contributed by atoms with Crippen LogP contribution in [-0.4, -0.2) is 61.2 Å². The predicted molar refractivity (Wildman–Crippen MR) is 70.8 cm³/mol. The zero-order valence-corrected chi connectivity index (χ0v) is 11.8. The number of nitriles is 1. The molecular weight excluding hydrogens is 212 g/mol. The van der Waals surface area contributed by atoms with Gasteiger partial charge in [0.05, 0.1) is 6.07 Å². The van der Waals surface area contributed by atoms with Crippen LogP contribution in [0.2, 0.25) is 0 Å². The molecule has 1 N–H and O–H groups in total. The van der Waals surface area contributed by atoms with E-state index in [1.807, 2.05) is 14.0 Å². The number of nitrogens with one attached hydrogen (secondary N) is 1. The highest BCUT2D eigenvalue weighted by molar-refractivity contribution is 5.03. The third-order valence-corrected chi connectivity index (χ3v) is 4.16. The first-order valence-corrected chi connectivity index (χ1v) is 6.46.